The normalized spacial score (nSPS) is 12.2. The molecule has 0 saturated heterocycles. The van der Waals surface area contributed by atoms with Crippen LogP contribution < -0.4 is 0 Å². The van der Waals surface area contributed by atoms with E-state index in [0.29, 0.717) is 5.56 Å². The third kappa shape index (κ3) is 2.43. The van der Waals surface area contributed by atoms with Gasteiger partial charge in [0.05, 0.1) is 6.61 Å². The number of aliphatic hydroxyl groups is 1. The zero-order valence-corrected chi connectivity index (χ0v) is 9.10. The van der Waals surface area contributed by atoms with E-state index in [0.717, 1.165) is 6.07 Å². The van der Waals surface area contributed by atoms with Crippen molar-refractivity contribution in [2.45, 2.75) is 20.0 Å². The predicted molar refractivity (Wildman–Crippen MR) is 56.1 cm³/mol. The number of esters is 1. The van der Waals surface area contributed by atoms with E-state index in [2.05, 4.69) is 4.74 Å². The van der Waals surface area contributed by atoms with Gasteiger partial charge in [0.25, 0.3) is 0 Å². The summed E-state index contributed by atoms with van der Waals surface area (Å²) in [5.41, 5.74) is 0.388. The van der Waals surface area contributed by atoms with Crippen LogP contribution >= 0.6 is 0 Å². The molecule has 5 nitrogen and oxygen atoms in total. The number of carbonyl (C=O) groups is 1. The molecule has 0 bridgehead atoms. The minimum Gasteiger partial charge on any atom is -0.508 e. The lowest BCUT2D eigenvalue weighted by molar-refractivity contribution is -0.153. The van der Waals surface area contributed by atoms with E-state index in [1.165, 1.54) is 6.07 Å². The topological polar surface area (TPSA) is 87.0 Å². The highest BCUT2D eigenvalue weighted by Crippen LogP contribution is 2.31. The van der Waals surface area contributed by atoms with Crippen molar-refractivity contribution in [2.75, 3.05) is 6.61 Å². The Balaban J connectivity index is 3.04. The predicted octanol–water partition coefficient (Wildman–Crippen LogP) is 1.00. The van der Waals surface area contributed by atoms with E-state index in [-0.39, 0.29) is 23.7 Å². The number of aryl methyl sites for hydroxylation is 1. The van der Waals surface area contributed by atoms with Crippen molar-refractivity contribution in [3.8, 4) is 11.5 Å². The van der Waals surface area contributed by atoms with Crippen LogP contribution in [0.3, 0.4) is 0 Å². The van der Waals surface area contributed by atoms with Crippen LogP contribution in [-0.4, -0.2) is 27.9 Å². The van der Waals surface area contributed by atoms with Crippen LogP contribution in [0.1, 0.15) is 24.2 Å². The first kappa shape index (κ1) is 12.3. The lowest BCUT2D eigenvalue weighted by Crippen LogP contribution is -2.15. The van der Waals surface area contributed by atoms with Crippen LogP contribution in [0.25, 0.3) is 0 Å². The van der Waals surface area contributed by atoms with Gasteiger partial charge in [0.15, 0.2) is 6.10 Å². The Hall–Kier alpha value is -1.75. The van der Waals surface area contributed by atoms with Crippen molar-refractivity contribution in [3.63, 3.8) is 0 Å². The fourth-order valence-corrected chi connectivity index (χ4v) is 1.26. The molecule has 0 heterocycles. The zero-order valence-electron chi connectivity index (χ0n) is 9.10. The van der Waals surface area contributed by atoms with Crippen molar-refractivity contribution in [1.82, 2.24) is 0 Å². The molecular formula is C11H14O5. The Morgan fingerprint density at radius 1 is 1.38 bits per heavy atom. The first-order valence-corrected chi connectivity index (χ1v) is 4.84. The zero-order chi connectivity index (χ0) is 12.3. The Bertz CT molecular complexity index is 400. The molecule has 1 atom stereocenters. The lowest BCUT2D eigenvalue weighted by Gasteiger charge is -2.12. The number of ether oxygens (including phenoxy) is 1. The van der Waals surface area contributed by atoms with Crippen molar-refractivity contribution >= 4 is 5.97 Å². The smallest absolute Gasteiger partial charge is 0.339 e. The summed E-state index contributed by atoms with van der Waals surface area (Å²) in [6.45, 7) is 3.33. The maximum Gasteiger partial charge on any atom is 0.339 e. The van der Waals surface area contributed by atoms with Gasteiger partial charge in [-0.2, -0.15) is 0 Å². The Kier molecular flexibility index (Phi) is 3.73. The van der Waals surface area contributed by atoms with Gasteiger partial charge < -0.3 is 20.1 Å². The van der Waals surface area contributed by atoms with Crippen LogP contribution in [-0.2, 0) is 9.53 Å². The highest BCUT2D eigenvalue weighted by molar-refractivity contribution is 5.77. The second-order valence-electron chi connectivity index (χ2n) is 3.35. The van der Waals surface area contributed by atoms with Crippen LogP contribution in [0, 0.1) is 6.92 Å². The molecule has 1 aromatic rings. The molecule has 0 fully saturated rings. The number of hydrogen-bond donors (Lipinski definition) is 3. The fraction of sp³-hybridized carbons (Fsp3) is 0.364. The Morgan fingerprint density at radius 2 is 2.00 bits per heavy atom. The summed E-state index contributed by atoms with van der Waals surface area (Å²) < 4.78 is 4.60. The number of phenols is 2. The van der Waals surface area contributed by atoms with E-state index in [1.807, 2.05) is 0 Å². The molecule has 0 amide bonds. The summed E-state index contributed by atoms with van der Waals surface area (Å²) in [4.78, 5) is 11.2. The molecule has 1 aromatic carbocycles. The summed E-state index contributed by atoms with van der Waals surface area (Å²) in [5, 5.41) is 28.5. The molecule has 5 heteroatoms. The van der Waals surface area contributed by atoms with Crippen molar-refractivity contribution in [3.05, 3.63) is 23.3 Å². The Labute approximate surface area is 92.9 Å². The van der Waals surface area contributed by atoms with Gasteiger partial charge in [-0.3, -0.25) is 0 Å². The molecule has 16 heavy (non-hydrogen) atoms. The molecule has 0 spiro atoms. The van der Waals surface area contributed by atoms with Gasteiger partial charge in [0.1, 0.15) is 11.5 Å². The van der Waals surface area contributed by atoms with Gasteiger partial charge in [-0.25, -0.2) is 4.79 Å². The number of hydrogen-bond acceptors (Lipinski definition) is 5. The molecule has 0 aliphatic carbocycles. The standard InChI is InChI=1S/C11H14O5/c1-3-16-11(15)10(14)7-5-8(12)6(2)4-9(7)13/h4-5,10,12-14H,3H2,1-2H3. The maximum atomic E-state index is 11.2. The van der Waals surface area contributed by atoms with Crippen LogP contribution in [0.15, 0.2) is 12.1 Å². The highest BCUT2D eigenvalue weighted by Gasteiger charge is 2.22. The van der Waals surface area contributed by atoms with E-state index in [1.54, 1.807) is 13.8 Å². The number of rotatable bonds is 3. The molecule has 3 N–H and O–H groups in total. The first-order valence-electron chi connectivity index (χ1n) is 4.84. The van der Waals surface area contributed by atoms with E-state index < -0.39 is 12.1 Å². The van der Waals surface area contributed by atoms with Crippen molar-refractivity contribution < 1.29 is 24.9 Å². The number of phenolic OH excluding ortho intramolecular Hbond substituents is 2. The lowest BCUT2D eigenvalue weighted by atomic mass is 10.0. The van der Waals surface area contributed by atoms with Gasteiger partial charge in [-0.15, -0.1) is 0 Å². The maximum absolute atomic E-state index is 11.2. The van der Waals surface area contributed by atoms with Gasteiger partial charge in [-0.1, -0.05) is 0 Å². The molecule has 1 unspecified atom stereocenters. The summed E-state index contributed by atoms with van der Waals surface area (Å²) in [6, 6.07) is 2.42. The van der Waals surface area contributed by atoms with Crippen LogP contribution in [0.2, 0.25) is 0 Å². The summed E-state index contributed by atoms with van der Waals surface area (Å²) in [7, 11) is 0. The van der Waals surface area contributed by atoms with Gasteiger partial charge in [-0.05, 0) is 31.5 Å². The molecule has 0 aliphatic heterocycles. The minimum atomic E-state index is -1.59. The molecule has 88 valence electrons. The fourth-order valence-electron chi connectivity index (χ4n) is 1.26. The second kappa shape index (κ2) is 4.85. The number of benzene rings is 1. The molecule has 0 saturated carbocycles. The second-order valence-corrected chi connectivity index (χ2v) is 3.35. The quantitative estimate of drug-likeness (QED) is 0.528. The molecule has 0 radical (unpaired) electrons. The Morgan fingerprint density at radius 3 is 2.56 bits per heavy atom. The molecule has 0 aromatic heterocycles. The summed E-state index contributed by atoms with van der Waals surface area (Å²) >= 11 is 0. The van der Waals surface area contributed by atoms with E-state index >= 15 is 0 Å². The van der Waals surface area contributed by atoms with E-state index in [9.17, 15) is 20.1 Å². The van der Waals surface area contributed by atoms with Gasteiger partial charge in [0.2, 0.25) is 0 Å². The van der Waals surface area contributed by atoms with E-state index in [4.69, 9.17) is 0 Å². The third-order valence-corrected chi connectivity index (χ3v) is 2.15. The van der Waals surface area contributed by atoms with Gasteiger partial charge in [0, 0.05) is 5.56 Å². The van der Waals surface area contributed by atoms with Crippen molar-refractivity contribution in [2.24, 2.45) is 0 Å². The van der Waals surface area contributed by atoms with Crippen LogP contribution in [0.5, 0.6) is 11.5 Å². The molecular weight excluding hydrogens is 212 g/mol. The average molecular weight is 226 g/mol. The highest BCUT2D eigenvalue weighted by atomic mass is 16.5. The number of aliphatic hydroxyl groups excluding tert-OH is 1. The average Bonchev–Trinajstić information content (AvgIpc) is 2.23. The largest absolute Gasteiger partial charge is 0.508 e. The first-order chi connectivity index (χ1) is 7.47. The summed E-state index contributed by atoms with van der Waals surface area (Å²) in [5.74, 6) is -1.21. The number of carbonyl (C=O) groups excluding carboxylic acids is 1. The van der Waals surface area contributed by atoms with Crippen molar-refractivity contribution in [1.29, 1.82) is 0 Å². The SMILES string of the molecule is CCOC(=O)C(O)c1cc(O)c(C)cc1O. The summed E-state index contributed by atoms with van der Waals surface area (Å²) in [6.07, 6.45) is -1.59. The monoisotopic (exact) mass is 226 g/mol. The molecule has 1 rings (SSSR count). The minimum absolute atomic E-state index is 0.0680. The number of aromatic hydroxyl groups is 2. The van der Waals surface area contributed by atoms with Gasteiger partial charge >= 0.3 is 5.97 Å². The molecule has 0 aliphatic rings. The third-order valence-electron chi connectivity index (χ3n) is 2.15. The van der Waals surface area contributed by atoms with Crippen LogP contribution in [0.4, 0.5) is 0 Å².